The van der Waals surface area contributed by atoms with Crippen molar-refractivity contribution in [3.63, 3.8) is 0 Å². The molecule has 1 aromatic heterocycles. The molecule has 1 heterocycles. The van der Waals surface area contributed by atoms with E-state index in [0.29, 0.717) is 24.3 Å². The maximum absolute atomic E-state index is 12.3. The van der Waals surface area contributed by atoms with Crippen LogP contribution in [0.2, 0.25) is 0 Å². The average molecular weight is 390 g/mol. The average Bonchev–Trinajstić information content (AvgIpc) is 2.75. The van der Waals surface area contributed by atoms with E-state index in [2.05, 4.69) is 20.6 Å². The normalized spacial score (nSPS) is 10.3. The van der Waals surface area contributed by atoms with Crippen molar-refractivity contribution in [3.8, 4) is 5.75 Å². The van der Waals surface area contributed by atoms with Gasteiger partial charge in [-0.3, -0.25) is 9.59 Å². The number of para-hydroxylation sites is 1. The molecule has 7 nitrogen and oxygen atoms in total. The lowest BCUT2D eigenvalue weighted by atomic mass is 10.1. The van der Waals surface area contributed by atoms with Crippen LogP contribution in [-0.2, 0) is 6.42 Å². The summed E-state index contributed by atoms with van der Waals surface area (Å²) in [7, 11) is 1.63. The van der Waals surface area contributed by atoms with Gasteiger partial charge in [0.2, 0.25) is 0 Å². The van der Waals surface area contributed by atoms with Crippen LogP contribution >= 0.6 is 0 Å². The van der Waals surface area contributed by atoms with Crippen LogP contribution in [0.5, 0.6) is 5.75 Å². The minimum atomic E-state index is -0.287. The van der Waals surface area contributed by atoms with Gasteiger partial charge in [0.25, 0.3) is 5.91 Å². The fraction of sp³-hybridized carbons (Fsp3) is 0.182. The van der Waals surface area contributed by atoms with Crippen LogP contribution in [0.25, 0.3) is 0 Å². The molecule has 0 unspecified atom stereocenters. The third kappa shape index (κ3) is 5.38. The summed E-state index contributed by atoms with van der Waals surface area (Å²) in [5.74, 6) is 1.03. The minimum Gasteiger partial charge on any atom is -0.496 e. The van der Waals surface area contributed by atoms with E-state index in [4.69, 9.17) is 4.74 Å². The Morgan fingerprint density at radius 2 is 1.76 bits per heavy atom. The number of ether oxygens (including phenoxy) is 1. The van der Waals surface area contributed by atoms with Crippen LogP contribution in [0.15, 0.2) is 60.9 Å². The third-order valence-corrected chi connectivity index (χ3v) is 4.32. The molecule has 0 spiro atoms. The SMILES string of the molecule is COc1ccccc1CCNC(=O)c1cnc(Nc2ccc(C(C)=O)cc2)cn1. The molecule has 0 aliphatic carbocycles. The Hall–Kier alpha value is -3.74. The first-order chi connectivity index (χ1) is 14.1. The van der Waals surface area contributed by atoms with Crippen LogP contribution in [0.4, 0.5) is 11.5 Å². The summed E-state index contributed by atoms with van der Waals surface area (Å²) >= 11 is 0. The Labute approximate surface area is 169 Å². The summed E-state index contributed by atoms with van der Waals surface area (Å²) in [4.78, 5) is 32.0. The van der Waals surface area contributed by atoms with E-state index in [0.717, 1.165) is 17.0 Å². The zero-order valence-corrected chi connectivity index (χ0v) is 16.3. The van der Waals surface area contributed by atoms with Gasteiger partial charge in [0.05, 0.1) is 19.5 Å². The number of hydrogen-bond donors (Lipinski definition) is 2. The van der Waals surface area contributed by atoms with Crippen LogP contribution in [-0.4, -0.2) is 35.3 Å². The molecule has 0 saturated carbocycles. The van der Waals surface area contributed by atoms with Crippen molar-refractivity contribution in [1.29, 1.82) is 0 Å². The van der Waals surface area contributed by atoms with Crippen molar-refractivity contribution >= 4 is 23.2 Å². The molecule has 2 aromatic carbocycles. The molecule has 0 fully saturated rings. The topological polar surface area (TPSA) is 93.2 Å². The molecular formula is C22H22N4O3. The smallest absolute Gasteiger partial charge is 0.271 e. The molecule has 3 aromatic rings. The molecule has 0 aliphatic rings. The van der Waals surface area contributed by atoms with Crippen molar-refractivity contribution in [3.05, 3.63) is 77.7 Å². The lowest BCUT2D eigenvalue weighted by molar-refractivity contribution is 0.0947. The van der Waals surface area contributed by atoms with Gasteiger partial charge in [0.1, 0.15) is 17.3 Å². The summed E-state index contributed by atoms with van der Waals surface area (Å²) in [6.07, 6.45) is 3.57. The number of methoxy groups -OCH3 is 1. The molecule has 0 aliphatic heterocycles. The highest BCUT2D eigenvalue weighted by atomic mass is 16.5. The number of hydrogen-bond acceptors (Lipinski definition) is 6. The van der Waals surface area contributed by atoms with E-state index in [-0.39, 0.29) is 17.4 Å². The second-order valence-corrected chi connectivity index (χ2v) is 6.36. The van der Waals surface area contributed by atoms with Crippen LogP contribution in [0.1, 0.15) is 33.3 Å². The number of carbonyl (C=O) groups excluding carboxylic acids is 2. The molecule has 0 atom stereocenters. The molecule has 1 amide bonds. The van der Waals surface area contributed by atoms with Crippen LogP contribution in [0.3, 0.4) is 0 Å². The predicted octanol–water partition coefficient (Wildman–Crippen LogP) is 3.40. The van der Waals surface area contributed by atoms with Gasteiger partial charge in [-0.25, -0.2) is 9.97 Å². The monoisotopic (exact) mass is 390 g/mol. The molecule has 3 rings (SSSR count). The summed E-state index contributed by atoms with van der Waals surface area (Å²) in [6.45, 7) is 1.98. The second kappa shape index (κ2) is 9.45. The molecular weight excluding hydrogens is 368 g/mol. The zero-order chi connectivity index (χ0) is 20.6. The lowest BCUT2D eigenvalue weighted by Gasteiger charge is -2.09. The molecule has 7 heteroatoms. The highest BCUT2D eigenvalue weighted by molar-refractivity contribution is 5.94. The van der Waals surface area contributed by atoms with E-state index >= 15 is 0 Å². The van der Waals surface area contributed by atoms with E-state index in [1.54, 1.807) is 31.4 Å². The quantitative estimate of drug-likeness (QED) is 0.573. The number of carbonyl (C=O) groups is 2. The highest BCUT2D eigenvalue weighted by Crippen LogP contribution is 2.17. The van der Waals surface area contributed by atoms with Gasteiger partial charge in [-0.05, 0) is 49.2 Å². The van der Waals surface area contributed by atoms with Gasteiger partial charge >= 0.3 is 0 Å². The fourth-order valence-corrected chi connectivity index (χ4v) is 2.76. The Morgan fingerprint density at radius 1 is 1.00 bits per heavy atom. The standard InChI is InChI=1S/C22H22N4O3/c1-15(27)16-7-9-18(10-8-16)26-21-14-24-19(13-25-21)22(28)23-12-11-17-5-3-4-6-20(17)29-2/h3-10,13-14H,11-12H2,1-2H3,(H,23,28)(H,25,26). The highest BCUT2D eigenvalue weighted by Gasteiger charge is 2.09. The van der Waals surface area contributed by atoms with Crippen molar-refractivity contribution in [1.82, 2.24) is 15.3 Å². The number of anilines is 2. The molecule has 2 N–H and O–H groups in total. The number of rotatable bonds is 8. The second-order valence-electron chi connectivity index (χ2n) is 6.36. The summed E-state index contributed by atoms with van der Waals surface area (Å²) in [5, 5.41) is 5.92. The summed E-state index contributed by atoms with van der Waals surface area (Å²) in [5.41, 5.74) is 2.68. The van der Waals surface area contributed by atoms with E-state index in [9.17, 15) is 9.59 Å². The largest absolute Gasteiger partial charge is 0.496 e. The number of nitrogens with zero attached hydrogens (tertiary/aromatic N) is 2. The number of amides is 1. The first kappa shape index (κ1) is 20.0. The maximum Gasteiger partial charge on any atom is 0.271 e. The van der Waals surface area contributed by atoms with Crippen molar-refractivity contribution in [2.75, 3.05) is 19.0 Å². The first-order valence-electron chi connectivity index (χ1n) is 9.17. The van der Waals surface area contributed by atoms with E-state index in [1.807, 2.05) is 24.3 Å². The summed E-state index contributed by atoms with van der Waals surface area (Å²) in [6, 6.07) is 14.8. The van der Waals surface area contributed by atoms with Gasteiger partial charge < -0.3 is 15.4 Å². The minimum absolute atomic E-state index is 0.0115. The number of benzene rings is 2. The fourth-order valence-electron chi connectivity index (χ4n) is 2.76. The van der Waals surface area contributed by atoms with Gasteiger partial charge in [-0.15, -0.1) is 0 Å². The molecule has 0 bridgehead atoms. The van der Waals surface area contributed by atoms with E-state index < -0.39 is 0 Å². The number of nitrogens with one attached hydrogen (secondary N) is 2. The van der Waals surface area contributed by atoms with Gasteiger partial charge in [-0.2, -0.15) is 0 Å². The lowest BCUT2D eigenvalue weighted by Crippen LogP contribution is -2.26. The van der Waals surface area contributed by atoms with Crippen molar-refractivity contribution in [2.24, 2.45) is 0 Å². The predicted molar refractivity (Wildman–Crippen MR) is 111 cm³/mol. The van der Waals surface area contributed by atoms with Crippen molar-refractivity contribution < 1.29 is 14.3 Å². The van der Waals surface area contributed by atoms with Crippen molar-refractivity contribution in [2.45, 2.75) is 13.3 Å². The maximum atomic E-state index is 12.3. The van der Waals surface area contributed by atoms with Gasteiger partial charge in [-0.1, -0.05) is 18.2 Å². The number of aromatic nitrogens is 2. The Morgan fingerprint density at radius 3 is 2.41 bits per heavy atom. The number of Topliss-reactive ketones (excluding diaryl/α,β-unsaturated/α-hetero) is 1. The van der Waals surface area contributed by atoms with Crippen LogP contribution < -0.4 is 15.4 Å². The Bertz CT molecular complexity index is 986. The molecule has 0 radical (unpaired) electrons. The zero-order valence-electron chi connectivity index (χ0n) is 16.3. The van der Waals surface area contributed by atoms with Gasteiger partial charge in [0, 0.05) is 17.8 Å². The molecule has 148 valence electrons. The first-order valence-corrected chi connectivity index (χ1v) is 9.17. The van der Waals surface area contributed by atoms with E-state index in [1.165, 1.54) is 19.3 Å². The van der Waals surface area contributed by atoms with Gasteiger partial charge in [0.15, 0.2) is 5.78 Å². The molecule has 29 heavy (non-hydrogen) atoms. The van der Waals surface area contributed by atoms with Crippen LogP contribution in [0, 0.1) is 0 Å². The third-order valence-electron chi connectivity index (χ3n) is 4.32. The molecule has 0 saturated heterocycles. The Kier molecular flexibility index (Phi) is 6.52. The Balaban J connectivity index is 1.53. The summed E-state index contributed by atoms with van der Waals surface area (Å²) < 4.78 is 5.31. The number of ketones is 1.